The summed E-state index contributed by atoms with van der Waals surface area (Å²) in [6, 6.07) is 5.34. The number of ether oxygens (including phenoxy) is 1. The zero-order valence-electron chi connectivity index (χ0n) is 12.6. The molecule has 1 aromatic rings. The summed E-state index contributed by atoms with van der Waals surface area (Å²) in [6.45, 7) is 0.837. The van der Waals surface area contributed by atoms with E-state index < -0.39 is 18.0 Å². The second kappa shape index (κ2) is 5.41. The predicted octanol–water partition coefficient (Wildman–Crippen LogP) is 2.21. The molecule has 4 rings (SSSR count). The molecule has 1 amide bonds. The van der Waals surface area contributed by atoms with Gasteiger partial charge in [-0.05, 0) is 48.4 Å². The third-order valence-corrected chi connectivity index (χ3v) is 5.43. The highest BCUT2D eigenvalue weighted by atomic mass is 35.5. The van der Waals surface area contributed by atoms with Crippen LogP contribution in [0, 0.1) is 17.8 Å². The number of carboxylic acid groups (broad SMARTS) is 1. The van der Waals surface area contributed by atoms with Crippen LogP contribution in [0.2, 0.25) is 5.02 Å². The lowest BCUT2D eigenvalue weighted by Crippen LogP contribution is -2.40. The normalized spacial score (nSPS) is 29.3. The minimum absolute atomic E-state index is 0.0923. The van der Waals surface area contributed by atoms with Crippen LogP contribution in [-0.2, 0) is 16.0 Å². The number of amides is 1. The van der Waals surface area contributed by atoms with Gasteiger partial charge in [0.1, 0.15) is 5.75 Å². The maximum atomic E-state index is 12.7. The van der Waals surface area contributed by atoms with Crippen molar-refractivity contribution >= 4 is 23.5 Å². The van der Waals surface area contributed by atoms with Gasteiger partial charge in [0.2, 0.25) is 0 Å². The lowest BCUT2D eigenvalue weighted by molar-refractivity contribution is -0.143. The van der Waals surface area contributed by atoms with E-state index in [9.17, 15) is 14.7 Å². The second-order valence-corrected chi connectivity index (χ2v) is 7.19. The summed E-state index contributed by atoms with van der Waals surface area (Å²) in [4.78, 5) is 25.9. The largest absolute Gasteiger partial charge is 0.481 e. The van der Waals surface area contributed by atoms with Crippen molar-refractivity contribution in [1.82, 2.24) is 4.90 Å². The zero-order chi connectivity index (χ0) is 16.1. The second-order valence-electron chi connectivity index (χ2n) is 6.75. The molecule has 2 fully saturated rings. The Morgan fingerprint density at radius 3 is 2.74 bits per heavy atom. The van der Waals surface area contributed by atoms with E-state index in [4.69, 9.17) is 16.3 Å². The molecule has 3 atom stereocenters. The summed E-state index contributed by atoms with van der Waals surface area (Å²) in [5, 5.41) is 10.0. The first kappa shape index (κ1) is 14.8. The van der Waals surface area contributed by atoms with Gasteiger partial charge in [0.25, 0.3) is 5.91 Å². The standard InChI is InChI=1S/C17H18ClNO4/c18-11-3-4-14-10(5-11)6-15(23-14)16(20)19-7-12(9-1-2-9)13(8-19)17(21)22/h3-5,9,12-13,15H,1-2,6-8H2,(H,21,22)/t12-,13+,15?/m1/s1. The van der Waals surface area contributed by atoms with Crippen molar-refractivity contribution in [1.29, 1.82) is 0 Å². The maximum absolute atomic E-state index is 12.7. The van der Waals surface area contributed by atoms with Gasteiger partial charge in [-0.15, -0.1) is 0 Å². The van der Waals surface area contributed by atoms with Gasteiger partial charge in [-0.25, -0.2) is 0 Å². The Hall–Kier alpha value is -1.75. The van der Waals surface area contributed by atoms with Crippen LogP contribution in [0.1, 0.15) is 18.4 Å². The van der Waals surface area contributed by atoms with Crippen molar-refractivity contribution in [3.63, 3.8) is 0 Å². The third-order valence-electron chi connectivity index (χ3n) is 5.19. The number of benzene rings is 1. The van der Waals surface area contributed by atoms with Crippen molar-refractivity contribution < 1.29 is 19.4 Å². The van der Waals surface area contributed by atoms with Gasteiger partial charge in [0.05, 0.1) is 5.92 Å². The van der Waals surface area contributed by atoms with Gasteiger partial charge in [-0.2, -0.15) is 0 Å². The molecule has 0 spiro atoms. The van der Waals surface area contributed by atoms with E-state index in [1.807, 2.05) is 6.07 Å². The smallest absolute Gasteiger partial charge is 0.308 e. The van der Waals surface area contributed by atoms with E-state index in [0.29, 0.717) is 36.2 Å². The predicted molar refractivity (Wildman–Crippen MR) is 83.5 cm³/mol. The van der Waals surface area contributed by atoms with E-state index in [-0.39, 0.29) is 11.8 Å². The zero-order valence-corrected chi connectivity index (χ0v) is 13.3. The molecule has 1 unspecified atom stereocenters. The molecule has 122 valence electrons. The van der Waals surface area contributed by atoms with E-state index in [1.54, 1.807) is 17.0 Å². The van der Waals surface area contributed by atoms with Crippen LogP contribution >= 0.6 is 11.6 Å². The van der Waals surface area contributed by atoms with Gasteiger partial charge < -0.3 is 14.7 Å². The van der Waals surface area contributed by atoms with Gasteiger partial charge in [-0.1, -0.05) is 11.6 Å². The number of hydrogen-bond acceptors (Lipinski definition) is 3. The molecule has 5 nitrogen and oxygen atoms in total. The molecule has 3 aliphatic rings. The number of carbonyl (C=O) groups excluding carboxylic acids is 1. The van der Waals surface area contributed by atoms with Crippen molar-refractivity contribution in [2.75, 3.05) is 13.1 Å². The molecular weight excluding hydrogens is 318 g/mol. The first-order chi connectivity index (χ1) is 11.0. The lowest BCUT2D eigenvalue weighted by atomic mass is 9.92. The van der Waals surface area contributed by atoms with Gasteiger partial charge in [0, 0.05) is 24.5 Å². The highest BCUT2D eigenvalue weighted by Gasteiger charge is 2.48. The molecule has 6 heteroatoms. The van der Waals surface area contributed by atoms with Crippen LogP contribution in [0.25, 0.3) is 0 Å². The molecule has 1 saturated heterocycles. The summed E-state index contributed by atoms with van der Waals surface area (Å²) in [5.74, 6) is -0.0828. The molecule has 1 N–H and O–H groups in total. The minimum atomic E-state index is -0.792. The summed E-state index contributed by atoms with van der Waals surface area (Å²) >= 11 is 5.98. The first-order valence-electron chi connectivity index (χ1n) is 7.99. The minimum Gasteiger partial charge on any atom is -0.481 e. The van der Waals surface area contributed by atoms with Crippen molar-refractivity contribution in [2.45, 2.75) is 25.4 Å². The molecule has 2 aliphatic heterocycles. The molecule has 2 heterocycles. The topological polar surface area (TPSA) is 66.8 Å². The molecule has 0 bridgehead atoms. The Balaban J connectivity index is 1.47. The van der Waals surface area contributed by atoms with Crippen molar-refractivity contribution in [2.24, 2.45) is 17.8 Å². The fourth-order valence-corrected chi connectivity index (χ4v) is 4.03. The average Bonchev–Trinajstić information content (AvgIpc) is 3.11. The Morgan fingerprint density at radius 1 is 1.26 bits per heavy atom. The summed E-state index contributed by atoms with van der Waals surface area (Å²) in [7, 11) is 0. The fraction of sp³-hybridized carbons (Fsp3) is 0.529. The van der Waals surface area contributed by atoms with Crippen LogP contribution < -0.4 is 4.74 Å². The number of carbonyl (C=O) groups is 2. The van der Waals surface area contributed by atoms with Crippen LogP contribution in [-0.4, -0.2) is 41.1 Å². The first-order valence-corrected chi connectivity index (χ1v) is 8.37. The molecule has 1 aliphatic carbocycles. The lowest BCUT2D eigenvalue weighted by Gasteiger charge is -2.20. The Bertz CT molecular complexity index is 673. The Labute approximate surface area is 139 Å². The van der Waals surface area contributed by atoms with Gasteiger partial charge in [0.15, 0.2) is 6.10 Å². The number of aliphatic carboxylic acids is 1. The van der Waals surface area contributed by atoms with Crippen LogP contribution in [0.3, 0.4) is 0 Å². The molecule has 23 heavy (non-hydrogen) atoms. The number of likely N-dealkylation sites (tertiary alicyclic amines) is 1. The Kier molecular flexibility index (Phi) is 3.48. The van der Waals surface area contributed by atoms with E-state index in [2.05, 4.69) is 0 Å². The van der Waals surface area contributed by atoms with Crippen molar-refractivity contribution in [3.8, 4) is 5.75 Å². The van der Waals surface area contributed by atoms with E-state index in [1.165, 1.54) is 0 Å². The number of carboxylic acids is 1. The summed E-state index contributed by atoms with van der Waals surface area (Å²) < 4.78 is 5.75. The van der Waals surface area contributed by atoms with E-state index >= 15 is 0 Å². The van der Waals surface area contributed by atoms with E-state index in [0.717, 1.165) is 18.4 Å². The monoisotopic (exact) mass is 335 g/mol. The SMILES string of the molecule is O=C(O)[C@H]1CN(C(=O)C2Cc3cc(Cl)ccc3O2)C[C@@H]1C1CC1. The van der Waals surface area contributed by atoms with Gasteiger partial charge >= 0.3 is 5.97 Å². The molecule has 1 saturated carbocycles. The number of hydrogen-bond donors (Lipinski definition) is 1. The highest BCUT2D eigenvalue weighted by molar-refractivity contribution is 6.30. The van der Waals surface area contributed by atoms with Crippen LogP contribution in [0.5, 0.6) is 5.75 Å². The van der Waals surface area contributed by atoms with Crippen LogP contribution in [0.15, 0.2) is 18.2 Å². The molecular formula is C17H18ClNO4. The van der Waals surface area contributed by atoms with Gasteiger partial charge in [-0.3, -0.25) is 9.59 Å². The molecule has 0 aromatic heterocycles. The summed E-state index contributed by atoms with van der Waals surface area (Å²) in [6.07, 6.45) is 2.11. The summed E-state index contributed by atoms with van der Waals surface area (Å²) in [5.41, 5.74) is 0.934. The quantitative estimate of drug-likeness (QED) is 0.919. The molecule has 1 aromatic carbocycles. The number of halogens is 1. The molecule has 0 radical (unpaired) electrons. The average molecular weight is 336 g/mol. The highest BCUT2D eigenvalue weighted by Crippen LogP contribution is 2.44. The number of nitrogens with zero attached hydrogens (tertiary/aromatic N) is 1. The fourth-order valence-electron chi connectivity index (χ4n) is 3.83. The maximum Gasteiger partial charge on any atom is 0.308 e. The number of fused-ring (bicyclic) bond motifs is 1. The third kappa shape index (κ3) is 2.67. The van der Waals surface area contributed by atoms with Crippen molar-refractivity contribution in [3.05, 3.63) is 28.8 Å². The van der Waals surface area contributed by atoms with Crippen LogP contribution in [0.4, 0.5) is 0 Å². The Morgan fingerprint density at radius 2 is 2.04 bits per heavy atom. The number of rotatable bonds is 3.